The summed E-state index contributed by atoms with van der Waals surface area (Å²) in [5, 5.41) is 0. The Bertz CT molecular complexity index is 1240. The highest BCUT2D eigenvalue weighted by atomic mass is 16.6. The van der Waals surface area contributed by atoms with Crippen LogP contribution in [0.3, 0.4) is 0 Å². The fourth-order valence-corrected chi connectivity index (χ4v) is 4.02. The molecule has 0 spiro atoms. The summed E-state index contributed by atoms with van der Waals surface area (Å²) in [5.41, 5.74) is 2.23. The van der Waals surface area contributed by atoms with E-state index in [1.807, 2.05) is 49.9 Å². The van der Waals surface area contributed by atoms with Gasteiger partial charge in [-0.15, -0.1) is 0 Å². The first-order valence-corrected chi connectivity index (χ1v) is 11.5. The molecule has 1 fully saturated rings. The Kier molecular flexibility index (Phi) is 6.88. The van der Waals surface area contributed by atoms with Crippen LogP contribution < -0.4 is 15.4 Å². The molecule has 1 aliphatic heterocycles. The molecule has 3 aromatic rings. The van der Waals surface area contributed by atoms with E-state index in [1.165, 1.54) is 6.07 Å². The maximum atomic E-state index is 12.7. The van der Waals surface area contributed by atoms with Crippen molar-refractivity contribution in [1.82, 2.24) is 14.5 Å². The van der Waals surface area contributed by atoms with Crippen molar-refractivity contribution >= 4 is 17.6 Å². The lowest BCUT2D eigenvalue weighted by atomic mass is 10.1. The molecular formula is C26H31N5O4. The smallest absolute Gasteiger partial charge is 0.338 e. The van der Waals surface area contributed by atoms with Gasteiger partial charge in [0.05, 0.1) is 17.8 Å². The average Bonchev–Trinajstić information content (AvgIpc) is 2.85. The molecule has 0 saturated carbocycles. The number of hydrogen-bond donors (Lipinski definition) is 0. The molecule has 9 heteroatoms. The molecular weight excluding hydrogens is 446 g/mol. The number of pyridine rings is 1. The standard InChI is InChI=1S/C26H31N5O4/c1-26(2,3)35-24(33)19-6-8-20(9-7-19)30-14-15-31(23(17-30)34-5)25-28-21(16-22(32)29(25)4)18-10-12-27-13-11-18/h6-13,16,23H,14-15,17H2,1-5H3/t23-/m1/s1. The van der Waals surface area contributed by atoms with Crippen LogP contribution in [0.15, 0.2) is 59.7 Å². The lowest BCUT2D eigenvalue weighted by Crippen LogP contribution is -2.55. The number of piperazine rings is 1. The summed E-state index contributed by atoms with van der Waals surface area (Å²) in [5.74, 6) is 0.209. The monoisotopic (exact) mass is 477 g/mol. The summed E-state index contributed by atoms with van der Waals surface area (Å²) in [7, 11) is 3.37. The summed E-state index contributed by atoms with van der Waals surface area (Å²) < 4.78 is 12.8. The second-order valence-electron chi connectivity index (χ2n) is 9.45. The Balaban J connectivity index is 1.54. The van der Waals surface area contributed by atoms with Gasteiger partial charge in [0.2, 0.25) is 5.95 Å². The van der Waals surface area contributed by atoms with Gasteiger partial charge in [0.1, 0.15) is 11.8 Å². The highest BCUT2D eigenvalue weighted by molar-refractivity contribution is 5.90. The van der Waals surface area contributed by atoms with Gasteiger partial charge in [0.15, 0.2) is 0 Å². The number of esters is 1. The Morgan fingerprint density at radius 2 is 1.74 bits per heavy atom. The SMILES string of the molecule is CO[C@@H]1CN(c2ccc(C(=O)OC(C)(C)C)cc2)CCN1c1nc(-c2ccncc2)cc(=O)n1C. The minimum atomic E-state index is -0.541. The van der Waals surface area contributed by atoms with Crippen molar-refractivity contribution in [2.24, 2.45) is 7.05 Å². The van der Waals surface area contributed by atoms with E-state index in [0.717, 1.165) is 11.3 Å². The van der Waals surface area contributed by atoms with Crippen molar-refractivity contribution in [2.75, 3.05) is 36.5 Å². The molecule has 4 rings (SSSR count). The largest absolute Gasteiger partial charge is 0.456 e. The van der Waals surface area contributed by atoms with Crippen LogP contribution in [0.1, 0.15) is 31.1 Å². The predicted octanol–water partition coefficient (Wildman–Crippen LogP) is 3.10. The zero-order valence-corrected chi connectivity index (χ0v) is 20.8. The van der Waals surface area contributed by atoms with Crippen molar-refractivity contribution in [1.29, 1.82) is 0 Å². The quantitative estimate of drug-likeness (QED) is 0.518. The van der Waals surface area contributed by atoms with Crippen LogP contribution in [0.4, 0.5) is 11.6 Å². The maximum absolute atomic E-state index is 12.7. The molecule has 1 atom stereocenters. The van der Waals surface area contributed by atoms with Crippen LogP contribution in [0.5, 0.6) is 0 Å². The first kappa shape index (κ1) is 24.4. The topological polar surface area (TPSA) is 89.8 Å². The van der Waals surface area contributed by atoms with E-state index in [9.17, 15) is 9.59 Å². The number of hydrogen-bond acceptors (Lipinski definition) is 8. The molecule has 1 aliphatic rings. The number of nitrogens with zero attached hydrogens (tertiary/aromatic N) is 5. The predicted molar refractivity (Wildman–Crippen MR) is 135 cm³/mol. The summed E-state index contributed by atoms with van der Waals surface area (Å²) in [6, 6.07) is 12.6. The van der Waals surface area contributed by atoms with Crippen LogP contribution in [-0.4, -0.2) is 59.1 Å². The zero-order valence-electron chi connectivity index (χ0n) is 20.8. The van der Waals surface area contributed by atoms with Crippen molar-refractivity contribution in [3.63, 3.8) is 0 Å². The molecule has 0 unspecified atom stereocenters. The summed E-state index contributed by atoms with van der Waals surface area (Å²) >= 11 is 0. The number of anilines is 2. The molecule has 0 amide bonds. The number of aromatic nitrogens is 3. The molecule has 184 valence electrons. The van der Waals surface area contributed by atoms with Gasteiger partial charge in [-0.3, -0.25) is 14.3 Å². The van der Waals surface area contributed by atoms with Crippen LogP contribution in [0, 0.1) is 0 Å². The second-order valence-corrected chi connectivity index (χ2v) is 9.45. The van der Waals surface area contributed by atoms with Gasteiger partial charge in [-0.25, -0.2) is 9.78 Å². The van der Waals surface area contributed by atoms with E-state index in [-0.39, 0.29) is 17.8 Å². The third-order valence-electron chi connectivity index (χ3n) is 5.82. The molecule has 0 bridgehead atoms. The van der Waals surface area contributed by atoms with Gasteiger partial charge in [-0.2, -0.15) is 0 Å². The first-order chi connectivity index (χ1) is 16.7. The maximum Gasteiger partial charge on any atom is 0.338 e. The highest BCUT2D eigenvalue weighted by Crippen LogP contribution is 2.25. The van der Waals surface area contributed by atoms with E-state index in [0.29, 0.717) is 36.8 Å². The number of carbonyl (C=O) groups excluding carboxylic acids is 1. The normalized spacial score (nSPS) is 16.3. The van der Waals surface area contributed by atoms with E-state index in [4.69, 9.17) is 14.5 Å². The molecule has 9 nitrogen and oxygen atoms in total. The van der Waals surface area contributed by atoms with Gasteiger partial charge in [0.25, 0.3) is 5.56 Å². The minimum Gasteiger partial charge on any atom is -0.456 e. The molecule has 35 heavy (non-hydrogen) atoms. The summed E-state index contributed by atoms with van der Waals surface area (Å²) in [4.78, 5) is 38.1. The minimum absolute atomic E-state index is 0.142. The average molecular weight is 478 g/mol. The van der Waals surface area contributed by atoms with Gasteiger partial charge in [-0.05, 0) is 57.2 Å². The summed E-state index contributed by atoms with van der Waals surface area (Å²) in [6.45, 7) is 7.41. The third kappa shape index (κ3) is 5.51. The van der Waals surface area contributed by atoms with Crippen LogP contribution in [-0.2, 0) is 16.5 Å². The van der Waals surface area contributed by atoms with Crippen molar-refractivity contribution in [3.05, 3.63) is 70.8 Å². The lowest BCUT2D eigenvalue weighted by molar-refractivity contribution is 0.00695. The van der Waals surface area contributed by atoms with Gasteiger partial charge in [0, 0.05) is 57.0 Å². The molecule has 0 N–H and O–H groups in total. The van der Waals surface area contributed by atoms with Gasteiger partial charge >= 0.3 is 5.97 Å². The van der Waals surface area contributed by atoms with Crippen molar-refractivity contribution in [2.45, 2.75) is 32.6 Å². The number of rotatable bonds is 5. The van der Waals surface area contributed by atoms with Crippen molar-refractivity contribution < 1.29 is 14.3 Å². The van der Waals surface area contributed by atoms with E-state index >= 15 is 0 Å². The molecule has 3 heterocycles. The first-order valence-electron chi connectivity index (χ1n) is 11.5. The lowest BCUT2D eigenvalue weighted by Gasteiger charge is -2.42. The Morgan fingerprint density at radius 3 is 2.37 bits per heavy atom. The molecule has 0 aliphatic carbocycles. The fraction of sp³-hybridized carbons (Fsp3) is 0.385. The van der Waals surface area contributed by atoms with Crippen molar-refractivity contribution in [3.8, 4) is 11.3 Å². The van der Waals surface area contributed by atoms with Gasteiger partial charge in [-0.1, -0.05) is 0 Å². The third-order valence-corrected chi connectivity index (χ3v) is 5.82. The molecule has 1 saturated heterocycles. The van der Waals surface area contributed by atoms with Gasteiger partial charge < -0.3 is 19.3 Å². The fourth-order valence-electron chi connectivity index (χ4n) is 4.02. The molecule has 1 aromatic carbocycles. The summed E-state index contributed by atoms with van der Waals surface area (Å²) in [6.07, 6.45) is 3.04. The van der Waals surface area contributed by atoms with E-state index < -0.39 is 5.60 Å². The number of carbonyl (C=O) groups is 1. The number of ether oxygens (including phenoxy) is 2. The Hall–Kier alpha value is -3.72. The Labute approximate surface area is 204 Å². The number of benzene rings is 1. The van der Waals surface area contributed by atoms with E-state index in [2.05, 4.69) is 9.88 Å². The molecule has 2 aromatic heterocycles. The van der Waals surface area contributed by atoms with Crippen LogP contribution >= 0.6 is 0 Å². The Morgan fingerprint density at radius 1 is 1.06 bits per heavy atom. The number of methoxy groups -OCH3 is 1. The van der Waals surface area contributed by atoms with Crippen LogP contribution in [0.25, 0.3) is 11.3 Å². The van der Waals surface area contributed by atoms with E-state index in [1.54, 1.807) is 43.3 Å². The second kappa shape index (κ2) is 9.87. The zero-order chi connectivity index (χ0) is 25.2. The molecule has 0 radical (unpaired) electrons. The van der Waals surface area contributed by atoms with Crippen LogP contribution in [0.2, 0.25) is 0 Å². The highest BCUT2D eigenvalue weighted by Gasteiger charge is 2.30.